The normalized spacial score (nSPS) is 16.6. The maximum atomic E-state index is 6.74. The fraction of sp³-hybridized carbons (Fsp3) is 0.286. The molecule has 0 radical (unpaired) electrons. The molecule has 0 saturated carbocycles. The minimum atomic E-state index is 0.0525. The summed E-state index contributed by atoms with van der Waals surface area (Å²) < 4.78 is 9.80. The molecule has 1 saturated heterocycles. The predicted octanol–water partition coefficient (Wildman–Crippen LogP) is 1.85. The third-order valence-electron chi connectivity index (χ3n) is 6.09. The second kappa shape index (κ2) is 6.76. The van der Waals surface area contributed by atoms with Gasteiger partial charge >= 0.3 is 0 Å². The third kappa shape index (κ3) is 2.61. The first kappa shape index (κ1) is 18.8. The summed E-state index contributed by atoms with van der Waals surface area (Å²) in [6.45, 7) is 1.30. The zero-order valence-electron chi connectivity index (χ0n) is 17.5. The lowest BCUT2D eigenvalue weighted by Crippen LogP contribution is -2.17. The van der Waals surface area contributed by atoms with E-state index in [-0.39, 0.29) is 17.7 Å². The molecule has 1 fully saturated rings. The van der Waals surface area contributed by atoms with Gasteiger partial charge in [0.15, 0.2) is 17.3 Å². The molecule has 0 spiro atoms. The Morgan fingerprint density at radius 2 is 1.75 bits per heavy atom. The van der Waals surface area contributed by atoms with E-state index in [2.05, 4.69) is 10.2 Å². The Labute approximate surface area is 182 Å². The van der Waals surface area contributed by atoms with Gasteiger partial charge in [-0.15, -0.1) is 10.2 Å². The zero-order valence-corrected chi connectivity index (χ0v) is 17.5. The number of ether oxygens (including phenoxy) is 1. The fourth-order valence-electron chi connectivity index (χ4n) is 4.48. The smallest absolute Gasteiger partial charge is 0.174 e. The van der Waals surface area contributed by atoms with E-state index in [1.165, 1.54) is 0 Å². The van der Waals surface area contributed by atoms with E-state index in [0.717, 1.165) is 30.5 Å². The van der Waals surface area contributed by atoms with Crippen molar-refractivity contribution in [1.82, 2.24) is 34.3 Å². The lowest BCUT2D eigenvalue weighted by molar-refractivity contribution is 0.0984. The van der Waals surface area contributed by atoms with Crippen LogP contribution >= 0.6 is 0 Å². The summed E-state index contributed by atoms with van der Waals surface area (Å²) >= 11 is 0. The van der Waals surface area contributed by atoms with Gasteiger partial charge in [-0.05, 0) is 25.0 Å². The van der Waals surface area contributed by atoms with E-state index < -0.39 is 0 Å². The summed E-state index contributed by atoms with van der Waals surface area (Å²) in [4.78, 5) is 14.5. The Morgan fingerprint density at radius 3 is 2.47 bits per heavy atom. The van der Waals surface area contributed by atoms with Gasteiger partial charge in [-0.3, -0.25) is 0 Å². The molecular formula is C21H22N10O. The molecule has 5 aromatic rings. The van der Waals surface area contributed by atoms with Crippen LogP contribution in [0.1, 0.15) is 12.8 Å². The lowest BCUT2D eigenvalue weighted by atomic mass is 10.2. The van der Waals surface area contributed by atoms with Crippen molar-refractivity contribution in [1.29, 1.82) is 0 Å². The average molecular weight is 430 g/mol. The molecule has 5 heterocycles. The molecule has 6 N–H and O–H groups in total. The first-order chi connectivity index (χ1) is 15.5. The van der Waals surface area contributed by atoms with Crippen LogP contribution in [0.4, 0.5) is 17.5 Å². The second-order valence-electron chi connectivity index (χ2n) is 8.05. The Bertz CT molecular complexity index is 1510. The molecule has 0 amide bonds. The third-order valence-corrected chi connectivity index (χ3v) is 6.09. The minimum Gasteiger partial charge on any atom is -0.384 e. The molecule has 0 bridgehead atoms. The van der Waals surface area contributed by atoms with Gasteiger partial charge in [0.05, 0.1) is 29.2 Å². The van der Waals surface area contributed by atoms with Crippen molar-refractivity contribution < 1.29 is 4.74 Å². The summed E-state index contributed by atoms with van der Waals surface area (Å²) in [6.07, 6.45) is 2.04. The summed E-state index contributed by atoms with van der Waals surface area (Å²) in [5, 5.41) is 7.80. The largest absolute Gasteiger partial charge is 0.384 e. The number of fused-ring (bicyclic) bond motifs is 3. The number of aromatic nitrogens is 7. The van der Waals surface area contributed by atoms with Gasteiger partial charge in [-0.25, -0.2) is 15.0 Å². The zero-order chi connectivity index (χ0) is 22.0. The van der Waals surface area contributed by atoms with Gasteiger partial charge in [0, 0.05) is 13.7 Å². The van der Waals surface area contributed by atoms with E-state index in [1.807, 2.05) is 40.4 Å². The topological polar surface area (TPSA) is 162 Å². The van der Waals surface area contributed by atoms with Crippen LogP contribution in [-0.2, 0) is 18.3 Å². The van der Waals surface area contributed by atoms with E-state index in [0.29, 0.717) is 45.9 Å². The highest BCUT2D eigenvalue weighted by molar-refractivity contribution is 6.04. The number of aryl methyl sites for hydroxylation is 1. The number of nitrogens with two attached hydrogens (primary N) is 3. The SMILES string of the molecule is Cn1c(-c2c(N)n(CC3CCCO3)c3nc4c(N)nnc(N)c4nc23)nc2ccccc21. The van der Waals surface area contributed by atoms with Crippen LogP contribution in [0.3, 0.4) is 0 Å². The molecular weight excluding hydrogens is 408 g/mol. The highest BCUT2D eigenvalue weighted by atomic mass is 16.5. The molecule has 162 valence electrons. The Kier molecular flexibility index (Phi) is 3.96. The summed E-state index contributed by atoms with van der Waals surface area (Å²) in [7, 11) is 1.96. The van der Waals surface area contributed by atoms with Crippen molar-refractivity contribution in [3.8, 4) is 11.4 Å². The van der Waals surface area contributed by atoms with Crippen LogP contribution in [0.15, 0.2) is 24.3 Å². The molecule has 0 aliphatic carbocycles. The van der Waals surface area contributed by atoms with E-state index >= 15 is 0 Å². The van der Waals surface area contributed by atoms with Gasteiger partial charge in [0.2, 0.25) is 0 Å². The van der Waals surface area contributed by atoms with Gasteiger partial charge in [-0.2, -0.15) is 0 Å². The number of hydrogen-bond donors (Lipinski definition) is 3. The maximum Gasteiger partial charge on any atom is 0.174 e. The van der Waals surface area contributed by atoms with Gasteiger partial charge in [-0.1, -0.05) is 12.1 Å². The van der Waals surface area contributed by atoms with Crippen molar-refractivity contribution >= 4 is 50.7 Å². The van der Waals surface area contributed by atoms with Crippen molar-refractivity contribution in [3.05, 3.63) is 24.3 Å². The quantitative estimate of drug-likeness (QED) is 0.388. The van der Waals surface area contributed by atoms with Crippen molar-refractivity contribution in [2.75, 3.05) is 23.8 Å². The van der Waals surface area contributed by atoms with Gasteiger partial charge in [0.1, 0.15) is 28.2 Å². The number of rotatable bonds is 3. The number of para-hydroxylation sites is 2. The molecule has 11 nitrogen and oxygen atoms in total. The summed E-state index contributed by atoms with van der Waals surface area (Å²) in [5.74, 6) is 1.53. The molecule has 1 aliphatic rings. The maximum absolute atomic E-state index is 6.74. The average Bonchev–Trinajstić information content (AvgIpc) is 3.49. The number of hydrogen-bond acceptors (Lipinski definition) is 9. The van der Waals surface area contributed by atoms with Crippen molar-refractivity contribution in [3.63, 3.8) is 0 Å². The predicted molar refractivity (Wildman–Crippen MR) is 123 cm³/mol. The molecule has 11 heteroatoms. The van der Waals surface area contributed by atoms with Crippen LogP contribution in [0, 0.1) is 0 Å². The second-order valence-corrected chi connectivity index (χ2v) is 8.05. The molecule has 1 aliphatic heterocycles. The van der Waals surface area contributed by atoms with E-state index in [4.69, 9.17) is 36.9 Å². The molecule has 6 rings (SSSR count). The fourth-order valence-corrected chi connectivity index (χ4v) is 4.48. The molecule has 4 aromatic heterocycles. The van der Waals surface area contributed by atoms with Crippen LogP contribution < -0.4 is 17.2 Å². The summed E-state index contributed by atoms with van der Waals surface area (Å²) in [6, 6.07) is 7.92. The molecule has 32 heavy (non-hydrogen) atoms. The van der Waals surface area contributed by atoms with Crippen LogP contribution in [0.5, 0.6) is 0 Å². The highest BCUT2D eigenvalue weighted by Gasteiger charge is 2.27. The first-order valence-corrected chi connectivity index (χ1v) is 10.4. The molecule has 1 aromatic carbocycles. The monoisotopic (exact) mass is 430 g/mol. The van der Waals surface area contributed by atoms with Crippen LogP contribution in [0.25, 0.3) is 44.6 Å². The van der Waals surface area contributed by atoms with E-state index in [9.17, 15) is 0 Å². The van der Waals surface area contributed by atoms with E-state index in [1.54, 1.807) is 0 Å². The van der Waals surface area contributed by atoms with Gasteiger partial charge < -0.3 is 31.1 Å². The van der Waals surface area contributed by atoms with Crippen molar-refractivity contribution in [2.45, 2.75) is 25.5 Å². The highest BCUT2D eigenvalue weighted by Crippen LogP contribution is 2.38. The van der Waals surface area contributed by atoms with Gasteiger partial charge in [0.25, 0.3) is 0 Å². The number of anilines is 3. The number of imidazole rings is 1. The number of nitrogens with zero attached hydrogens (tertiary/aromatic N) is 7. The lowest BCUT2D eigenvalue weighted by Gasteiger charge is -2.13. The molecule has 1 unspecified atom stereocenters. The molecule has 1 atom stereocenters. The Morgan fingerprint density at radius 1 is 1.00 bits per heavy atom. The Hall–Kier alpha value is -3.99. The summed E-state index contributed by atoms with van der Waals surface area (Å²) in [5.41, 5.74) is 23.4. The standard InChI is InChI=1S/C21H22N10O/c1-30-12-7-3-2-6-11(12)25-20(30)13-14-21(31(19(13)24)9-10-5-4-8-32-10)27-16-15(26-14)17(22)28-29-18(16)23/h2-3,6-7,10H,4-5,8-9,24H2,1H3,(H2,22,28)(H2,23,29). The number of nitrogen functional groups attached to an aromatic ring is 3. The van der Waals surface area contributed by atoms with Crippen LogP contribution in [0.2, 0.25) is 0 Å². The van der Waals surface area contributed by atoms with Crippen LogP contribution in [-0.4, -0.2) is 47.0 Å². The van der Waals surface area contributed by atoms with Crippen molar-refractivity contribution in [2.24, 2.45) is 7.05 Å². The first-order valence-electron chi connectivity index (χ1n) is 10.4. The minimum absolute atomic E-state index is 0.0525. The number of benzene rings is 1. The Balaban J connectivity index is 1.69.